The van der Waals surface area contributed by atoms with Gasteiger partial charge in [-0.25, -0.2) is 26.4 Å². The van der Waals surface area contributed by atoms with Gasteiger partial charge in [-0.2, -0.15) is 13.2 Å². The van der Waals surface area contributed by atoms with Crippen LogP contribution in [0.5, 0.6) is 0 Å². The molecule has 8 nitrogen and oxygen atoms in total. The highest BCUT2D eigenvalue weighted by atomic mass is 32.2. The van der Waals surface area contributed by atoms with E-state index >= 15 is 0 Å². The maximum absolute atomic E-state index is 14.6. The zero-order chi connectivity index (χ0) is 28.1. The molecule has 1 aromatic heterocycles. The molecule has 2 aromatic carbocycles. The van der Waals surface area contributed by atoms with Crippen LogP contribution in [-0.4, -0.2) is 48.8 Å². The second kappa shape index (κ2) is 11.9. The van der Waals surface area contributed by atoms with Crippen LogP contribution < -0.4 is 5.32 Å². The molecule has 0 radical (unpaired) electrons. The third kappa shape index (κ3) is 7.47. The van der Waals surface area contributed by atoms with Crippen LogP contribution in [0.15, 0.2) is 52.1 Å². The van der Waals surface area contributed by atoms with Gasteiger partial charge in [-0.1, -0.05) is 17.3 Å². The van der Waals surface area contributed by atoms with Crippen molar-refractivity contribution in [3.8, 4) is 0 Å². The van der Waals surface area contributed by atoms with Gasteiger partial charge in [0.1, 0.15) is 34.4 Å². The molecule has 15 heteroatoms. The maximum Gasteiger partial charge on any atom is 0.490 e. The summed E-state index contributed by atoms with van der Waals surface area (Å²) >= 11 is 0. The Bertz CT molecular complexity index is 1350. The fourth-order valence-electron chi connectivity index (χ4n) is 3.46. The molecule has 4 rings (SSSR count). The van der Waals surface area contributed by atoms with E-state index in [1.807, 2.05) is 6.07 Å². The molecule has 0 amide bonds. The Hall–Kier alpha value is -3.59. The van der Waals surface area contributed by atoms with Crippen molar-refractivity contribution in [2.24, 2.45) is 0 Å². The average molecular weight is 565 g/mol. The highest BCUT2D eigenvalue weighted by Crippen LogP contribution is 2.27. The van der Waals surface area contributed by atoms with Crippen molar-refractivity contribution in [1.82, 2.24) is 10.1 Å². The van der Waals surface area contributed by atoms with Crippen LogP contribution in [0, 0.1) is 17.5 Å². The summed E-state index contributed by atoms with van der Waals surface area (Å²) in [6.07, 6.45) is -2.81. The van der Waals surface area contributed by atoms with Crippen molar-refractivity contribution in [1.29, 1.82) is 0 Å². The number of benzene rings is 2. The third-order valence-corrected chi connectivity index (χ3v) is 7.10. The van der Waals surface area contributed by atoms with Gasteiger partial charge in [0.05, 0.1) is 5.69 Å². The molecule has 3 aromatic rings. The van der Waals surface area contributed by atoms with Crippen LogP contribution in [0.3, 0.4) is 0 Å². The second-order valence-corrected chi connectivity index (χ2v) is 10.1. The number of rotatable bonds is 8. The Morgan fingerprint density at radius 2 is 1.71 bits per heavy atom. The van der Waals surface area contributed by atoms with Crippen LogP contribution in [-0.2, 0) is 33.5 Å². The quantitative estimate of drug-likeness (QED) is 0.384. The average Bonchev–Trinajstić information content (AvgIpc) is 3.27. The van der Waals surface area contributed by atoms with Gasteiger partial charge in [-0.15, -0.1) is 0 Å². The monoisotopic (exact) mass is 565 g/mol. The Balaban J connectivity index is 0.000000505. The van der Waals surface area contributed by atoms with E-state index in [9.17, 15) is 34.8 Å². The summed E-state index contributed by atoms with van der Waals surface area (Å²) in [6.45, 7) is 2.49. The fraction of sp³-hybridized carbons (Fsp3) is 0.304. The normalized spacial score (nSPS) is 13.8. The van der Waals surface area contributed by atoms with E-state index in [0.717, 1.165) is 37.2 Å². The maximum atomic E-state index is 14.6. The Kier molecular flexibility index (Phi) is 9.04. The molecule has 1 aliphatic rings. The number of carbonyl (C=O) groups is 1. The summed E-state index contributed by atoms with van der Waals surface area (Å²) in [5.41, 5.74) is 1.24. The van der Waals surface area contributed by atoms with Crippen LogP contribution in [0.2, 0.25) is 0 Å². The lowest BCUT2D eigenvalue weighted by atomic mass is 10.0. The van der Waals surface area contributed by atoms with E-state index in [0.29, 0.717) is 12.1 Å². The SMILES string of the molecule is O=C(O)C(F)(F)F.O=S(=O)(Cc1ccon1)c1c(F)cc(NCc2c(F)cccc2CN2CCC2)cc1F. The van der Waals surface area contributed by atoms with E-state index in [1.54, 1.807) is 6.07 Å². The Labute approximate surface area is 212 Å². The first-order valence-corrected chi connectivity index (χ1v) is 12.6. The van der Waals surface area contributed by atoms with E-state index in [2.05, 4.69) is 19.9 Å². The van der Waals surface area contributed by atoms with Crippen molar-refractivity contribution >= 4 is 21.5 Å². The topological polar surface area (TPSA) is 113 Å². The van der Waals surface area contributed by atoms with Gasteiger partial charge in [-0.05, 0) is 43.3 Å². The largest absolute Gasteiger partial charge is 0.490 e. The molecule has 0 saturated carbocycles. The van der Waals surface area contributed by atoms with Gasteiger partial charge in [0, 0.05) is 30.4 Å². The number of sulfone groups is 1. The van der Waals surface area contributed by atoms with Gasteiger partial charge < -0.3 is 14.9 Å². The molecule has 0 bridgehead atoms. The summed E-state index contributed by atoms with van der Waals surface area (Å²) in [5, 5.41) is 13.4. The smallest absolute Gasteiger partial charge is 0.475 e. The van der Waals surface area contributed by atoms with E-state index in [-0.39, 0.29) is 17.9 Å². The number of nitrogens with one attached hydrogen (secondary N) is 1. The summed E-state index contributed by atoms with van der Waals surface area (Å²) in [7, 11) is -4.32. The molecule has 1 saturated heterocycles. The first-order valence-electron chi connectivity index (χ1n) is 10.9. The minimum absolute atomic E-state index is 0.000235. The van der Waals surface area contributed by atoms with Crippen molar-refractivity contribution < 1.29 is 49.2 Å². The number of aliphatic carboxylic acids is 1. The highest BCUT2D eigenvalue weighted by molar-refractivity contribution is 7.90. The molecule has 1 aliphatic heterocycles. The van der Waals surface area contributed by atoms with Crippen molar-refractivity contribution in [2.75, 3.05) is 18.4 Å². The van der Waals surface area contributed by atoms with Crippen molar-refractivity contribution in [2.45, 2.75) is 36.3 Å². The zero-order valence-corrected chi connectivity index (χ0v) is 20.3. The minimum atomic E-state index is -5.08. The molecular weight excluding hydrogens is 544 g/mol. The summed E-state index contributed by atoms with van der Waals surface area (Å²) < 4.78 is 105. The number of hydrogen-bond donors (Lipinski definition) is 2. The van der Waals surface area contributed by atoms with Crippen LogP contribution in [0.25, 0.3) is 0 Å². The predicted octanol–water partition coefficient (Wildman–Crippen LogP) is 4.52. The van der Waals surface area contributed by atoms with Gasteiger partial charge in [0.2, 0.25) is 0 Å². The van der Waals surface area contributed by atoms with Gasteiger partial charge in [0.15, 0.2) is 9.84 Å². The van der Waals surface area contributed by atoms with E-state index in [4.69, 9.17) is 9.90 Å². The molecule has 2 heterocycles. The van der Waals surface area contributed by atoms with Crippen LogP contribution in [0.1, 0.15) is 23.2 Å². The molecule has 0 aliphatic carbocycles. The van der Waals surface area contributed by atoms with E-state index < -0.39 is 50.1 Å². The Morgan fingerprint density at radius 1 is 1.08 bits per heavy atom. The molecular formula is C23H21F6N3O5S. The zero-order valence-electron chi connectivity index (χ0n) is 19.4. The molecule has 0 atom stereocenters. The van der Waals surface area contributed by atoms with Crippen molar-refractivity contribution in [3.63, 3.8) is 0 Å². The number of alkyl halides is 3. The molecule has 1 fully saturated rings. The second-order valence-electron chi connectivity index (χ2n) is 8.18. The van der Waals surface area contributed by atoms with Gasteiger partial charge >= 0.3 is 12.1 Å². The van der Waals surface area contributed by atoms with Gasteiger partial charge in [-0.3, -0.25) is 4.90 Å². The lowest BCUT2D eigenvalue weighted by Crippen LogP contribution is -2.36. The molecule has 2 N–H and O–H groups in total. The first kappa shape index (κ1) is 29.0. The summed E-state index contributed by atoms with van der Waals surface area (Å²) in [6, 6.07) is 7.84. The standard InChI is InChI=1S/C21H20F3N3O3S.C2HF3O2/c22-18-4-1-3-14(12-27-6-2-7-27)17(18)11-25-16-9-19(23)21(20(24)10-16)31(28,29)13-15-5-8-30-26-15;3-2(4,5)1(6)7/h1,3-5,8-10,25H,2,6-7,11-13H2;(H,6,7). The van der Waals surface area contributed by atoms with Crippen LogP contribution in [0.4, 0.5) is 32.0 Å². The molecule has 206 valence electrons. The number of nitrogens with zero attached hydrogens (tertiary/aromatic N) is 2. The number of carboxylic acids is 1. The predicted molar refractivity (Wildman–Crippen MR) is 121 cm³/mol. The fourth-order valence-corrected chi connectivity index (χ4v) is 4.85. The number of halogens is 6. The minimum Gasteiger partial charge on any atom is -0.475 e. The highest BCUT2D eigenvalue weighted by Gasteiger charge is 2.38. The number of aromatic nitrogens is 1. The lowest BCUT2D eigenvalue weighted by Gasteiger charge is -2.31. The van der Waals surface area contributed by atoms with E-state index in [1.165, 1.54) is 18.4 Å². The van der Waals surface area contributed by atoms with Crippen molar-refractivity contribution in [3.05, 3.63) is 76.9 Å². The third-order valence-electron chi connectivity index (χ3n) is 5.41. The lowest BCUT2D eigenvalue weighted by molar-refractivity contribution is -0.192. The summed E-state index contributed by atoms with van der Waals surface area (Å²) in [4.78, 5) is 10.0. The first-order chi connectivity index (χ1) is 17.8. The van der Waals surface area contributed by atoms with Crippen LogP contribution >= 0.6 is 0 Å². The number of anilines is 1. The molecule has 0 spiro atoms. The molecule has 38 heavy (non-hydrogen) atoms. The number of hydrogen-bond acceptors (Lipinski definition) is 7. The Morgan fingerprint density at radius 3 is 2.21 bits per heavy atom. The molecule has 0 unspecified atom stereocenters. The van der Waals surface area contributed by atoms with Gasteiger partial charge in [0.25, 0.3) is 0 Å². The number of carboxylic acid groups (broad SMARTS) is 1. The number of likely N-dealkylation sites (tertiary alicyclic amines) is 1. The summed E-state index contributed by atoms with van der Waals surface area (Å²) in [5.74, 6) is -6.34.